The maximum Gasteiger partial charge on any atom is 0.332 e. The van der Waals surface area contributed by atoms with Crippen LogP contribution in [-0.2, 0) is 4.79 Å². The van der Waals surface area contributed by atoms with E-state index in [0.717, 1.165) is 0 Å². The van der Waals surface area contributed by atoms with Gasteiger partial charge in [-0.1, -0.05) is 0 Å². The van der Waals surface area contributed by atoms with Gasteiger partial charge in [-0.2, -0.15) is 0 Å². The van der Waals surface area contributed by atoms with E-state index in [2.05, 4.69) is 0 Å². The average Bonchev–Trinajstić information content (AvgIpc) is 1.80. The summed E-state index contributed by atoms with van der Waals surface area (Å²) >= 11 is 0. The number of hydrogen-bond acceptors (Lipinski definition) is 3. The van der Waals surface area contributed by atoms with E-state index in [0.29, 0.717) is 0 Å². The van der Waals surface area contributed by atoms with Crippen LogP contribution in [0.25, 0.3) is 0 Å². The number of hydrogen-bond donors (Lipinski definition) is 3. The van der Waals surface area contributed by atoms with Crippen LogP contribution in [0.4, 0.5) is 0 Å². The molecule has 4 heteroatoms. The molecule has 0 amide bonds. The molecule has 0 fully saturated rings. The molecule has 0 aliphatic carbocycles. The first kappa shape index (κ1) is 10.4. The summed E-state index contributed by atoms with van der Waals surface area (Å²) in [5, 5.41) is 26.2. The van der Waals surface area contributed by atoms with Gasteiger partial charge >= 0.3 is 5.97 Å². The minimum absolute atomic E-state index is 0.0822. The second-order valence-corrected chi connectivity index (χ2v) is 3.21. The predicted octanol–water partition coefficient (Wildman–Crippen LogP) is -0.0170. The Morgan fingerprint density at radius 3 is 2.27 bits per heavy atom. The summed E-state index contributed by atoms with van der Waals surface area (Å²) < 4.78 is 0. The number of aliphatic hydroxyl groups is 2. The van der Waals surface area contributed by atoms with Crippen molar-refractivity contribution in [2.24, 2.45) is 0 Å². The third-order valence-electron chi connectivity index (χ3n) is 1.31. The molecule has 0 aliphatic heterocycles. The Morgan fingerprint density at radius 1 is 1.55 bits per heavy atom. The maximum absolute atomic E-state index is 10.1. The fourth-order valence-corrected chi connectivity index (χ4v) is 0.613. The van der Waals surface area contributed by atoms with Gasteiger partial charge in [0.25, 0.3) is 0 Å². The largest absolute Gasteiger partial charge is 0.479 e. The molecule has 0 bridgehead atoms. The SMILES string of the molecule is CC(C)(O)CC[C@H](O)C(=O)O. The lowest BCUT2D eigenvalue weighted by Crippen LogP contribution is -2.25. The zero-order chi connectivity index (χ0) is 9.07. The Bertz CT molecular complexity index is 136. The Balaban J connectivity index is 3.63. The van der Waals surface area contributed by atoms with E-state index >= 15 is 0 Å². The quantitative estimate of drug-likeness (QED) is 0.543. The van der Waals surface area contributed by atoms with Crippen molar-refractivity contribution in [2.75, 3.05) is 0 Å². The Labute approximate surface area is 65.5 Å². The van der Waals surface area contributed by atoms with Gasteiger partial charge in [-0.25, -0.2) is 4.79 Å². The summed E-state index contributed by atoms with van der Waals surface area (Å²) in [6.45, 7) is 3.14. The first-order chi connectivity index (χ1) is 4.83. The highest BCUT2D eigenvalue weighted by molar-refractivity contribution is 5.71. The minimum atomic E-state index is -1.36. The summed E-state index contributed by atoms with van der Waals surface area (Å²) in [4.78, 5) is 10.1. The Hall–Kier alpha value is -0.610. The number of carbonyl (C=O) groups is 1. The molecule has 66 valence electrons. The smallest absolute Gasteiger partial charge is 0.332 e. The highest BCUT2D eigenvalue weighted by atomic mass is 16.4. The van der Waals surface area contributed by atoms with Gasteiger partial charge in [-0.3, -0.25) is 0 Å². The first-order valence-electron chi connectivity index (χ1n) is 3.46. The molecular weight excluding hydrogens is 148 g/mol. The lowest BCUT2D eigenvalue weighted by molar-refractivity contribution is -0.147. The molecule has 0 aliphatic rings. The highest BCUT2D eigenvalue weighted by Gasteiger charge is 2.18. The van der Waals surface area contributed by atoms with E-state index in [1.807, 2.05) is 0 Å². The normalized spacial score (nSPS) is 14.5. The van der Waals surface area contributed by atoms with Gasteiger partial charge in [0.1, 0.15) is 0 Å². The average molecular weight is 162 g/mol. The van der Waals surface area contributed by atoms with Gasteiger partial charge in [0.2, 0.25) is 0 Å². The van der Waals surface area contributed by atoms with Crippen LogP contribution in [-0.4, -0.2) is 33.0 Å². The van der Waals surface area contributed by atoms with Crippen LogP contribution in [0, 0.1) is 0 Å². The van der Waals surface area contributed by atoms with Gasteiger partial charge in [0.15, 0.2) is 6.10 Å². The van der Waals surface area contributed by atoms with Crippen LogP contribution in [0.1, 0.15) is 26.7 Å². The summed E-state index contributed by atoms with van der Waals surface area (Å²) in [6, 6.07) is 0. The van der Waals surface area contributed by atoms with Gasteiger partial charge in [-0.05, 0) is 26.7 Å². The number of carboxylic acid groups (broad SMARTS) is 1. The van der Waals surface area contributed by atoms with Gasteiger partial charge in [-0.15, -0.1) is 0 Å². The molecule has 3 N–H and O–H groups in total. The van der Waals surface area contributed by atoms with Crippen molar-refractivity contribution < 1.29 is 20.1 Å². The Kier molecular flexibility index (Phi) is 3.48. The van der Waals surface area contributed by atoms with Crippen molar-refractivity contribution in [1.29, 1.82) is 0 Å². The van der Waals surface area contributed by atoms with Crippen LogP contribution in [0.2, 0.25) is 0 Å². The van der Waals surface area contributed by atoms with Gasteiger partial charge in [0.05, 0.1) is 5.60 Å². The topological polar surface area (TPSA) is 77.8 Å². The van der Waals surface area contributed by atoms with Crippen molar-refractivity contribution in [3.8, 4) is 0 Å². The van der Waals surface area contributed by atoms with Crippen LogP contribution >= 0.6 is 0 Å². The lowest BCUT2D eigenvalue weighted by Gasteiger charge is -2.17. The molecule has 0 aromatic rings. The molecular formula is C7H14O4. The zero-order valence-corrected chi connectivity index (χ0v) is 6.74. The van der Waals surface area contributed by atoms with E-state index in [-0.39, 0.29) is 12.8 Å². The molecule has 0 aromatic heterocycles. The molecule has 0 rings (SSSR count). The molecule has 0 unspecified atom stereocenters. The summed E-state index contributed by atoms with van der Waals surface area (Å²) in [6.07, 6.45) is -0.999. The van der Waals surface area contributed by atoms with Crippen molar-refractivity contribution in [3.63, 3.8) is 0 Å². The number of aliphatic hydroxyl groups excluding tert-OH is 1. The van der Waals surface area contributed by atoms with Crippen molar-refractivity contribution >= 4 is 5.97 Å². The highest BCUT2D eigenvalue weighted by Crippen LogP contribution is 2.11. The number of carboxylic acids is 1. The van der Waals surface area contributed by atoms with Gasteiger partial charge in [0, 0.05) is 0 Å². The second-order valence-electron chi connectivity index (χ2n) is 3.21. The molecule has 0 aromatic carbocycles. The van der Waals surface area contributed by atoms with Crippen molar-refractivity contribution in [2.45, 2.75) is 38.4 Å². The number of aliphatic carboxylic acids is 1. The molecule has 0 saturated heterocycles. The third kappa shape index (κ3) is 5.82. The fourth-order valence-electron chi connectivity index (χ4n) is 0.613. The minimum Gasteiger partial charge on any atom is -0.479 e. The van der Waals surface area contributed by atoms with E-state index < -0.39 is 17.7 Å². The summed E-state index contributed by atoms with van der Waals surface area (Å²) in [7, 11) is 0. The monoisotopic (exact) mass is 162 g/mol. The van der Waals surface area contributed by atoms with Crippen LogP contribution < -0.4 is 0 Å². The standard InChI is InChI=1S/C7H14O4/c1-7(2,11)4-3-5(8)6(9)10/h5,8,11H,3-4H2,1-2H3,(H,9,10)/t5-/m0/s1. The zero-order valence-electron chi connectivity index (χ0n) is 6.74. The molecule has 11 heavy (non-hydrogen) atoms. The van der Waals surface area contributed by atoms with E-state index in [4.69, 9.17) is 15.3 Å². The maximum atomic E-state index is 10.1. The molecule has 0 heterocycles. The van der Waals surface area contributed by atoms with Gasteiger partial charge < -0.3 is 15.3 Å². The molecule has 4 nitrogen and oxygen atoms in total. The molecule has 0 saturated carbocycles. The molecule has 0 spiro atoms. The van der Waals surface area contributed by atoms with E-state index in [1.54, 1.807) is 13.8 Å². The number of rotatable bonds is 4. The van der Waals surface area contributed by atoms with Crippen LogP contribution in [0.3, 0.4) is 0 Å². The molecule has 1 atom stereocenters. The Morgan fingerprint density at radius 2 is 2.00 bits per heavy atom. The second kappa shape index (κ2) is 3.69. The van der Waals surface area contributed by atoms with E-state index in [1.165, 1.54) is 0 Å². The van der Waals surface area contributed by atoms with Crippen LogP contribution in [0.5, 0.6) is 0 Å². The molecule has 0 radical (unpaired) electrons. The fraction of sp³-hybridized carbons (Fsp3) is 0.857. The van der Waals surface area contributed by atoms with Crippen LogP contribution in [0.15, 0.2) is 0 Å². The first-order valence-corrected chi connectivity index (χ1v) is 3.46. The van der Waals surface area contributed by atoms with Crippen molar-refractivity contribution in [3.05, 3.63) is 0 Å². The summed E-state index contributed by atoms with van der Waals surface area (Å²) in [5.74, 6) is -1.24. The van der Waals surface area contributed by atoms with Crippen molar-refractivity contribution in [1.82, 2.24) is 0 Å². The van der Waals surface area contributed by atoms with E-state index in [9.17, 15) is 4.79 Å². The predicted molar refractivity (Wildman–Crippen MR) is 39.2 cm³/mol. The third-order valence-corrected chi connectivity index (χ3v) is 1.31. The summed E-state index contributed by atoms with van der Waals surface area (Å²) in [5.41, 5.74) is -0.906. The lowest BCUT2D eigenvalue weighted by atomic mass is 10.0.